The second-order valence-electron chi connectivity index (χ2n) is 8.72. The fraction of sp³-hybridized carbons (Fsp3) is 0.308. The number of furan rings is 1. The summed E-state index contributed by atoms with van der Waals surface area (Å²) in [4.78, 5) is 32.4. The first kappa shape index (κ1) is 21.9. The molecule has 1 aromatic carbocycles. The van der Waals surface area contributed by atoms with Gasteiger partial charge in [-0.2, -0.15) is 0 Å². The number of anilines is 1. The van der Waals surface area contributed by atoms with Crippen LogP contribution in [0, 0.1) is 6.92 Å². The Hall–Kier alpha value is -3.94. The number of aromatic nitrogens is 2. The number of amides is 2. The van der Waals surface area contributed by atoms with Crippen molar-refractivity contribution < 1.29 is 18.5 Å². The number of rotatable bonds is 5. The zero-order chi connectivity index (χ0) is 23.7. The molecule has 4 aromatic rings. The fourth-order valence-corrected chi connectivity index (χ4v) is 4.56. The molecule has 1 saturated carbocycles. The van der Waals surface area contributed by atoms with Gasteiger partial charge < -0.3 is 19.2 Å². The van der Waals surface area contributed by atoms with Crippen molar-refractivity contribution in [2.45, 2.75) is 45.1 Å². The van der Waals surface area contributed by atoms with Crippen LogP contribution >= 0.6 is 0 Å². The number of nitrogens with one attached hydrogen (secondary N) is 1. The third-order valence-corrected chi connectivity index (χ3v) is 6.47. The van der Waals surface area contributed by atoms with Crippen molar-refractivity contribution in [3.05, 3.63) is 65.5 Å². The number of aryl methyl sites for hydroxylation is 1. The summed E-state index contributed by atoms with van der Waals surface area (Å²) in [6, 6.07) is 12.5. The minimum Gasteiger partial charge on any atom is -0.463 e. The molecule has 1 aliphatic carbocycles. The summed E-state index contributed by atoms with van der Waals surface area (Å²) in [6.07, 6.45) is 7.24. The summed E-state index contributed by atoms with van der Waals surface area (Å²) in [6.45, 7) is 1.76. The summed E-state index contributed by atoms with van der Waals surface area (Å²) in [5.41, 5.74) is 2.89. The molecular formula is C26H26N4O4. The summed E-state index contributed by atoms with van der Waals surface area (Å²) < 4.78 is 10.8. The van der Waals surface area contributed by atoms with Gasteiger partial charge in [0.2, 0.25) is 0 Å². The van der Waals surface area contributed by atoms with Crippen LogP contribution < -0.4 is 5.32 Å². The van der Waals surface area contributed by atoms with E-state index in [2.05, 4.69) is 15.5 Å². The number of hydrogen-bond donors (Lipinski definition) is 1. The molecule has 3 heterocycles. The van der Waals surface area contributed by atoms with Crippen molar-refractivity contribution in [3.63, 3.8) is 0 Å². The van der Waals surface area contributed by atoms with Crippen molar-refractivity contribution in [1.29, 1.82) is 0 Å². The molecule has 0 spiro atoms. The van der Waals surface area contributed by atoms with Gasteiger partial charge in [-0.05, 0) is 62.2 Å². The number of benzene rings is 1. The second kappa shape index (κ2) is 9.13. The lowest BCUT2D eigenvalue weighted by Gasteiger charge is -2.31. The number of fused-ring (bicyclic) bond motifs is 1. The Bertz CT molecular complexity index is 1320. The minimum absolute atomic E-state index is 0.00352. The van der Waals surface area contributed by atoms with E-state index in [0.29, 0.717) is 45.4 Å². The van der Waals surface area contributed by atoms with Gasteiger partial charge in [-0.25, -0.2) is 4.98 Å². The second-order valence-corrected chi connectivity index (χ2v) is 8.72. The Morgan fingerprint density at radius 2 is 1.85 bits per heavy atom. The maximum Gasteiger partial charge on any atom is 0.259 e. The van der Waals surface area contributed by atoms with Crippen LogP contribution in [0.15, 0.2) is 57.7 Å². The SMILES string of the molecule is Cc1noc2nc(-c3ccco3)cc(C(=O)Nc3ccc(C(=O)N(C)C4CCCCC4)cc3)c12. The van der Waals surface area contributed by atoms with Crippen molar-refractivity contribution in [2.24, 2.45) is 0 Å². The number of carbonyl (C=O) groups excluding carboxylic acids is 2. The van der Waals surface area contributed by atoms with Crippen LogP contribution in [-0.4, -0.2) is 39.9 Å². The van der Waals surface area contributed by atoms with E-state index in [-0.39, 0.29) is 17.5 Å². The largest absolute Gasteiger partial charge is 0.463 e. The van der Waals surface area contributed by atoms with Gasteiger partial charge in [-0.1, -0.05) is 24.4 Å². The Morgan fingerprint density at radius 3 is 2.56 bits per heavy atom. The maximum absolute atomic E-state index is 13.2. The molecule has 174 valence electrons. The van der Waals surface area contributed by atoms with E-state index in [9.17, 15) is 9.59 Å². The van der Waals surface area contributed by atoms with Crippen molar-refractivity contribution >= 4 is 28.6 Å². The number of pyridine rings is 1. The minimum atomic E-state index is -0.329. The summed E-state index contributed by atoms with van der Waals surface area (Å²) in [5.74, 6) is 0.198. The highest BCUT2D eigenvalue weighted by Gasteiger charge is 2.23. The molecule has 0 bridgehead atoms. The molecule has 1 N–H and O–H groups in total. The van der Waals surface area contributed by atoms with Crippen LogP contribution in [0.4, 0.5) is 5.69 Å². The first-order chi connectivity index (χ1) is 16.5. The van der Waals surface area contributed by atoms with E-state index in [1.54, 1.807) is 55.7 Å². The van der Waals surface area contributed by atoms with E-state index in [1.807, 2.05) is 11.9 Å². The highest BCUT2D eigenvalue weighted by atomic mass is 16.5. The van der Waals surface area contributed by atoms with E-state index >= 15 is 0 Å². The lowest BCUT2D eigenvalue weighted by Crippen LogP contribution is -2.38. The number of nitrogens with zero attached hydrogens (tertiary/aromatic N) is 3. The zero-order valence-electron chi connectivity index (χ0n) is 19.2. The molecule has 34 heavy (non-hydrogen) atoms. The predicted octanol–water partition coefficient (Wildman–Crippen LogP) is 5.45. The van der Waals surface area contributed by atoms with E-state index in [0.717, 1.165) is 12.8 Å². The van der Waals surface area contributed by atoms with Crippen LogP contribution in [-0.2, 0) is 0 Å². The summed E-state index contributed by atoms with van der Waals surface area (Å²) in [7, 11) is 1.88. The Kier molecular flexibility index (Phi) is 5.88. The van der Waals surface area contributed by atoms with Gasteiger partial charge in [0.25, 0.3) is 17.5 Å². The molecule has 0 radical (unpaired) electrons. The Balaban J connectivity index is 1.36. The molecule has 0 aliphatic heterocycles. The molecule has 0 saturated heterocycles. The first-order valence-corrected chi connectivity index (χ1v) is 11.5. The molecule has 2 amide bonds. The Labute approximate surface area is 196 Å². The normalized spacial score (nSPS) is 14.3. The third kappa shape index (κ3) is 4.19. The molecule has 1 fully saturated rings. The number of carbonyl (C=O) groups is 2. The average Bonchev–Trinajstić information content (AvgIpc) is 3.54. The van der Waals surface area contributed by atoms with Crippen molar-refractivity contribution in [2.75, 3.05) is 12.4 Å². The lowest BCUT2D eigenvalue weighted by atomic mass is 9.94. The van der Waals surface area contributed by atoms with Crippen LogP contribution in [0.5, 0.6) is 0 Å². The van der Waals surface area contributed by atoms with Gasteiger partial charge in [0.1, 0.15) is 5.69 Å². The summed E-state index contributed by atoms with van der Waals surface area (Å²) in [5, 5.41) is 7.42. The van der Waals surface area contributed by atoms with Crippen LogP contribution in [0.1, 0.15) is 58.5 Å². The van der Waals surface area contributed by atoms with Crippen LogP contribution in [0.25, 0.3) is 22.6 Å². The topological polar surface area (TPSA) is 101 Å². The van der Waals surface area contributed by atoms with E-state index in [1.165, 1.54) is 19.3 Å². The molecule has 1 aliphatic rings. The van der Waals surface area contributed by atoms with E-state index < -0.39 is 0 Å². The Morgan fingerprint density at radius 1 is 1.09 bits per heavy atom. The highest BCUT2D eigenvalue weighted by molar-refractivity contribution is 6.13. The van der Waals surface area contributed by atoms with Crippen molar-refractivity contribution in [3.8, 4) is 11.5 Å². The van der Waals surface area contributed by atoms with Gasteiger partial charge in [0, 0.05) is 24.3 Å². The molecule has 0 unspecified atom stereocenters. The van der Waals surface area contributed by atoms with Crippen LogP contribution in [0.2, 0.25) is 0 Å². The number of hydrogen-bond acceptors (Lipinski definition) is 6. The van der Waals surface area contributed by atoms with Gasteiger partial charge in [-0.15, -0.1) is 0 Å². The standard InChI is InChI=1S/C26H26N4O4/c1-16-23-20(15-21(22-9-6-14-33-22)28-25(23)34-29-16)24(31)27-18-12-10-17(11-13-18)26(32)30(2)19-7-4-3-5-8-19/h6,9-15,19H,3-5,7-8H2,1-2H3,(H,27,31). The quantitative estimate of drug-likeness (QED) is 0.427. The average molecular weight is 459 g/mol. The lowest BCUT2D eigenvalue weighted by molar-refractivity contribution is 0.0696. The predicted molar refractivity (Wildman–Crippen MR) is 128 cm³/mol. The molecule has 3 aromatic heterocycles. The highest BCUT2D eigenvalue weighted by Crippen LogP contribution is 2.28. The first-order valence-electron chi connectivity index (χ1n) is 11.5. The monoisotopic (exact) mass is 458 g/mol. The maximum atomic E-state index is 13.2. The molecular weight excluding hydrogens is 432 g/mol. The van der Waals surface area contributed by atoms with E-state index in [4.69, 9.17) is 8.94 Å². The van der Waals surface area contributed by atoms with Gasteiger partial charge in [-0.3, -0.25) is 9.59 Å². The van der Waals surface area contributed by atoms with Gasteiger partial charge in [0.05, 0.1) is 22.9 Å². The smallest absolute Gasteiger partial charge is 0.259 e. The zero-order valence-corrected chi connectivity index (χ0v) is 19.2. The van der Waals surface area contributed by atoms with Gasteiger partial charge in [0.15, 0.2) is 5.76 Å². The molecule has 5 rings (SSSR count). The molecule has 8 nitrogen and oxygen atoms in total. The summed E-state index contributed by atoms with van der Waals surface area (Å²) >= 11 is 0. The van der Waals surface area contributed by atoms with Gasteiger partial charge >= 0.3 is 0 Å². The molecule has 0 atom stereocenters. The third-order valence-electron chi connectivity index (χ3n) is 6.47. The molecule has 8 heteroatoms. The van der Waals surface area contributed by atoms with Crippen molar-refractivity contribution in [1.82, 2.24) is 15.0 Å². The fourth-order valence-electron chi connectivity index (χ4n) is 4.56. The van der Waals surface area contributed by atoms with Crippen LogP contribution in [0.3, 0.4) is 0 Å².